The van der Waals surface area contributed by atoms with Crippen LogP contribution in [0.5, 0.6) is 0 Å². The van der Waals surface area contributed by atoms with E-state index in [0.29, 0.717) is 24.8 Å². The van der Waals surface area contributed by atoms with Crippen LogP contribution in [0.25, 0.3) is 0 Å². The van der Waals surface area contributed by atoms with E-state index < -0.39 is 9.84 Å². The fourth-order valence-corrected chi connectivity index (χ4v) is 3.25. The molecule has 0 atom stereocenters. The molecule has 0 radical (unpaired) electrons. The summed E-state index contributed by atoms with van der Waals surface area (Å²) in [4.78, 5) is 0. The van der Waals surface area contributed by atoms with Gasteiger partial charge in [-0.3, -0.25) is 0 Å². The largest absolute Gasteiger partial charge is 0.468 e. The molecule has 90 valence electrons. The van der Waals surface area contributed by atoms with E-state index in [2.05, 4.69) is 5.32 Å². The molecule has 0 bridgehead atoms. The lowest BCUT2D eigenvalue weighted by molar-refractivity contribution is 0.487. The molecule has 1 aromatic rings. The van der Waals surface area contributed by atoms with E-state index >= 15 is 0 Å². The molecule has 1 aliphatic carbocycles. The van der Waals surface area contributed by atoms with Gasteiger partial charge in [-0.1, -0.05) is 0 Å². The standard InChI is InChI=1S/C11H17NO3S/c13-16(14,9-10-3-4-10)7-5-12-8-11-2-1-6-15-11/h1-2,6,10,12H,3-5,7-9H2. The average molecular weight is 243 g/mol. The molecular weight excluding hydrogens is 226 g/mol. The lowest BCUT2D eigenvalue weighted by Crippen LogP contribution is -2.24. The summed E-state index contributed by atoms with van der Waals surface area (Å²) in [6.07, 6.45) is 3.78. The highest BCUT2D eigenvalue weighted by Crippen LogP contribution is 2.30. The number of hydrogen-bond acceptors (Lipinski definition) is 4. The fourth-order valence-electron chi connectivity index (χ4n) is 1.58. The molecule has 1 fully saturated rings. The maximum Gasteiger partial charge on any atom is 0.151 e. The summed E-state index contributed by atoms with van der Waals surface area (Å²) in [5.41, 5.74) is 0. The van der Waals surface area contributed by atoms with Crippen molar-refractivity contribution in [3.05, 3.63) is 24.2 Å². The summed E-state index contributed by atoms with van der Waals surface area (Å²) in [5.74, 6) is 1.87. The van der Waals surface area contributed by atoms with Crippen molar-refractivity contribution < 1.29 is 12.8 Å². The van der Waals surface area contributed by atoms with Gasteiger partial charge in [0.15, 0.2) is 9.84 Å². The third-order valence-electron chi connectivity index (χ3n) is 2.66. The predicted octanol–water partition coefficient (Wildman–Crippen LogP) is 1.19. The van der Waals surface area contributed by atoms with Crippen molar-refractivity contribution in [2.75, 3.05) is 18.1 Å². The highest BCUT2D eigenvalue weighted by molar-refractivity contribution is 7.91. The molecule has 1 aliphatic rings. The molecule has 0 unspecified atom stereocenters. The van der Waals surface area contributed by atoms with Gasteiger partial charge in [0.05, 0.1) is 24.3 Å². The summed E-state index contributed by atoms with van der Waals surface area (Å²) >= 11 is 0. The first kappa shape index (κ1) is 11.7. The van der Waals surface area contributed by atoms with Gasteiger partial charge in [-0.15, -0.1) is 0 Å². The summed E-state index contributed by atoms with van der Waals surface area (Å²) in [7, 11) is -2.85. The molecular formula is C11H17NO3S. The van der Waals surface area contributed by atoms with E-state index in [0.717, 1.165) is 18.6 Å². The zero-order valence-corrected chi connectivity index (χ0v) is 10.0. The number of rotatable bonds is 7. The van der Waals surface area contributed by atoms with Crippen molar-refractivity contribution in [2.24, 2.45) is 5.92 Å². The van der Waals surface area contributed by atoms with Crippen LogP contribution >= 0.6 is 0 Å². The van der Waals surface area contributed by atoms with Crippen LogP contribution in [0.3, 0.4) is 0 Å². The normalized spacial score (nSPS) is 16.5. The Kier molecular flexibility index (Phi) is 3.66. The maximum absolute atomic E-state index is 11.6. The average Bonchev–Trinajstić information content (AvgIpc) is 2.86. The lowest BCUT2D eigenvalue weighted by atomic mass is 10.4. The highest BCUT2D eigenvalue weighted by atomic mass is 32.2. The maximum atomic E-state index is 11.6. The first-order valence-corrected chi connectivity index (χ1v) is 7.41. The molecule has 0 aliphatic heterocycles. The number of sulfone groups is 1. The van der Waals surface area contributed by atoms with E-state index in [1.54, 1.807) is 6.26 Å². The van der Waals surface area contributed by atoms with Crippen LogP contribution in [0.4, 0.5) is 0 Å². The first-order valence-electron chi connectivity index (χ1n) is 5.59. The van der Waals surface area contributed by atoms with Crippen molar-refractivity contribution >= 4 is 9.84 Å². The van der Waals surface area contributed by atoms with Crippen molar-refractivity contribution in [3.63, 3.8) is 0 Å². The second-order valence-corrected chi connectivity index (χ2v) is 6.54. The molecule has 0 saturated heterocycles. The van der Waals surface area contributed by atoms with Crippen molar-refractivity contribution in [3.8, 4) is 0 Å². The van der Waals surface area contributed by atoms with E-state index in [1.807, 2.05) is 12.1 Å². The van der Waals surface area contributed by atoms with Gasteiger partial charge >= 0.3 is 0 Å². The molecule has 5 heteroatoms. The van der Waals surface area contributed by atoms with E-state index in [4.69, 9.17) is 4.42 Å². The van der Waals surface area contributed by atoms with E-state index in [1.165, 1.54) is 0 Å². The SMILES string of the molecule is O=S(=O)(CCNCc1ccco1)CC1CC1. The molecule has 4 nitrogen and oxygen atoms in total. The zero-order chi connectivity index (χ0) is 11.4. The van der Waals surface area contributed by atoms with Gasteiger partial charge in [-0.2, -0.15) is 0 Å². The van der Waals surface area contributed by atoms with Crippen molar-refractivity contribution in [1.82, 2.24) is 5.32 Å². The summed E-state index contributed by atoms with van der Waals surface area (Å²) in [5, 5.41) is 3.06. The Hall–Kier alpha value is -0.810. The Morgan fingerprint density at radius 1 is 1.44 bits per heavy atom. The minimum atomic E-state index is -2.85. The molecule has 1 N–H and O–H groups in total. The molecule has 0 spiro atoms. The van der Waals surface area contributed by atoms with Crippen LogP contribution in [-0.4, -0.2) is 26.5 Å². The Balaban J connectivity index is 1.63. The van der Waals surface area contributed by atoms with Gasteiger partial charge in [-0.05, 0) is 30.9 Å². The van der Waals surface area contributed by atoms with Gasteiger partial charge in [0.1, 0.15) is 5.76 Å². The van der Waals surface area contributed by atoms with Gasteiger partial charge in [0.2, 0.25) is 0 Å². The van der Waals surface area contributed by atoms with Crippen LogP contribution in [0, 0.1) is 5.92 Å². The molecule has 0 amide bonds. The predicted molar refractivity (Wildman–Crippen MR) is 61.8 cm³/mol. The summed E-state index contributed by atoms with van der Waals surface area (Å²) in [6.45, 7) is 1.09. The quantitative estimate of drug-likeness (QED) is 0.731. The molecule has 2 rings (SSSR count). The third-order valence-corrected chi connectivity index (χ3v) is 4.46. The zero-order valence-electron chi connectivity index (χ0n) is 9.19. The Bertz CT molecular complexity index is 406. The molecule has 1 heterocycles. The second kappa shape index (κ2) is 5.01. The topological polar surface area (TPSA) is 59.3 Å². The van der Waals surface area contributed by atoms with Crippen LogP contribution in [0.15, 0.2) is 22.8 Å². The van der Waals surface area contributed by atoms with Gasteiger partial charge in [0.25, 0.3) is 0 Å². The second-order valence-electron chi connectivity index (χ2n) is 4.31. The van der Waals surface area contributed by atoms with Crippen LogP contribution in [0.2, 0.25) is 0 Å². The molecule has 0 aromatic carbocycles. The van der Waals surface area contributed by atoms with Crippen molar-refractivity contribution in [1.29, 1.82) is 0 Å². The molecule has 16 heavy (non-hydrogen) atoms. The smallest absolute Gasteiger partial charge is 0.151 e. The number of furan rings is 1. The van der Waals surface area contributed by atoms with Gasteiger partial charge < -0.3 is 9.73 Å². The minimum absolute atomic E-state index is 0.226. The minimum Gasteiger partial charge on any atom is -0.468 e. The third kappa shape index (κ3) is 3.98. The van der Waals surface area contributed by atoms with Crippen molar-refractivity contribution in [2.45, 2.75) is 19.4 Å². The first-order chi connectivity index (χ1) is 7.66. The Morgan fingerprint density at radius 3 is 2.88 bits per heavy atom. The lowest BCUT2D eigenvalue weighted by Gasteiger charge is -2.04. The van der Waals surface area contributed by atoms with E-state index in [9.17, 15) is 8.42 Å². The van der Waals surface area contributed by atoms with E-state index in [-0.39, 0.29) is 5.75 Å². The van der Waals surface area contributed by atoms with Gasteiger partial charge in [0, 0.05) is 6.54 Å². The Morgan fingerprint density at radius 2 is 2.25 bits per heavy atom. The monoisotopic (exact) mass is 243 g/mol. The molecule has 1 aromatic heterocycles. The van der Waals surface area contributed by atoms with Gasteiger partial charge in [-0.25, -0.2) is 8.42 Å². The summed E-state index contributed by atoms with van der Waals surface area (Å²) in [6, 6.07) is 3.69. The fraction of sp³-hybridized carbons (Fsp3) is 0.636. The van der Waals surface area contributed by atoms with Crippen LogP contribution < -0.4 is 5.32 Å². The highest BCUT2D eigenvalue weighted by Gasteiger charge is 2.27. The Labute approximate surface area is 95.9 Å². The van der Waals surface area contributed by atoms with Crippen LogP contribution in [-0.2, 0) is 16.4 Å². The summed E-state index contributed by atoms with van der Waals surface area (Å²) < 4.78 is 28.3. The van der Waals surface area contributed by atoms with Crippen LogP contribution in [0.1, 0.15) is 18.6 Å². The number of hydrogen-bond donors (Lipinski definition) is 1. The number of nitrogens with one attached hydrogen (secondary N) is 1. The molecule has 1 saturated carbocycles.